The van der Waals surface area contributed by atoms with Gasteiger partial charge in [-0.2, -0.15) is 0 Å². The normalized spacial score (nSPS) is 15.7. The van der Waals surface area contributed by atoms with Gasteiger partial charge in [0.15, 0.2) is 0 Å². The molecular weight excluding hydrogens is 228 g/mol. The Bertz CT molecular complexity index is 586. The Morgan fingerprint density at radius 1 is 1.33 bits per heavy atom. The number of aliphatic hydroxyl groups excluding tert-OH is 1. The number of pyridine rings is 1. The molecule has 1 aromatic heterocycles. The number of hydrogen-bond donors (Lipinski definition) is 1. The molecule has 1 aliphatic rings. The fraction of sp³-hybridized carbons (Fsp3) is 0.286. The van der Waals surface area contributed by atoms with E-state index in [0.29, 0.717) is 18.8 Å². The molecule has 1 amide bonds. The molecule has 1 saturated heterocycles. The van der Waals surface area contributed by atoms with Crippen molar-refractivity contribution in [2.75, 3.05) is 19.7 Å². The molecule has 0 radical (unpaired) electrons. The average Bonchev–Trinajstić information content (AvgIpc) is 2.36. The van der Waals surface area contributed by atoms with Crippen LogP contribution >= 0.6 is 0 Å². The van der Waals surface area contributed by atoms with Crippen molar-refractivity contribution in [3.63, 3.8) is 0 Å². The van der Waals surface area contributed by atoms with Gasteiger partial charge in [0.1, 0.15) is 5.69 Å². The van der Waals surface area contributed by atoms with Crippen molar-refractivity contribution < 1.29 is 9.90 Å². The highest BCUT2D eigenvalue weighted by Crippen LogP contribution is 2.22. The van der Waals surface area contributed by atoms with Crippen LogP contribution in [0.3, 0.4) is 0 Å². The first-order chi connectivity index (χ1) is 8.79. The third-order valence-corrected chi connectivity index (χ3v) is 3.38. The fourth-order valence-corrected chi connectivity index (χ4v) is 2.29. The molecule has 3 rings (SSSR count). The maximum absolute atomic E-state index is 12.3. The monoisotopic (exact) mass is 242 g/mol. The summed E-state index contributed by atoms with van der Waals surface area (Å²) in [7, 11) is 0. The lowest BCUT2D eigenvalue weighted by Gasteiger charge is -2.38. The van der Waals surface area contributed by atoms with Gasteiger partial charge in [0, 0.05) is 37.2 Å². The maximum atomic E-state index is 12.3. The number of benzene rings is 1. The summed E-state index contributed by atoms with van der Waals surface area (Å²) < 4.78 is 0. The Morgan fingerprint density at radius 2 is 2.11 bits per heavy atom. The summed E-state index contributed by atoms with van der Waals surface area (Å²) in [6.45, 7) is 1.40. The lowest BCUT2D eigenvalue weighted by molar-refractivity contribution is 0.0358. The predicted molar refractivity (Wildman–Crippen MR) is 68.2 cm³/mol. The van der Waals surface area contributed by atoms with Crippen molar-refractivity contribution >= 4 is 16.7 Å². The van der Waals surface area contributed by atoms with Crippen LogP contribution in [0.5, 0.6) is 0 Å². The van der Waals surface area contributed by atoms with Crippen LogP contribution in [-0.4, -0.2) is 40.6 Å². The van der Waals surface area contributed by atoms with E-state index in [4.69, 9.17) is 5.11 Å². The minimum absolute atomic E-state index is 0.0449. The Labute approximate surface area is 105 Å². The molecule has 0 spiro atoms. The van der Waals surface area contributed by atoms with Crippen molar-refractivity contribution in [2.24, 2.45) is 5.92 Å². The molecule has 1 fully saturated rings. The molecule has 18 heavy (non-hydrogen) atoms. The quantitative estimate of drug-likeness (QED) is 0.863. The first-order valence-electron chi connectivity index (χ1n) is 6.03. The van der Waals surface area contributed by atoms with Gasteiger partial charge in [0.2, 0.25) is 0 Å². The molecule has 0 atom stereocenters. The number of nitrogens with zero attached hydrogens (tertiary/aromatic N) is 2. The summed E-state index contributed by atoms with van der Waals surface area (Å²) in [6.07, 6.45) is 1.67. The van der Waals surface area contributed by atoms with Crippen LogP contribution in [0.4, 0.5) is 0 Å². The number of aliphatic hydroxyl groups is 1. The minimum atomic E-state index is -0.0449. The molecule has 92 valence electrons. The first-order valence-corrected chi connectivity index (χ1v) is 6.03. The van der Waals surface area contributed by atoms with Crippen LogP contribution in [0.15, 0.2) is 36.5 Å². The fourth-order valence-electron chi connectivity index (χ4n) is 2.29. The summed E-state index contributed by atoms with van der Waals surface area (Å²) in [4.78, 5) is 18.2. The van der Waals surface area contributed by atoms with Crippen LogP contribution < -0.4 is 0 Å². The van der Waals surface area contributed by atoms with Crippen LogP contribution in [0.2, 0.25) is 0 Å². The van der Waals surface area contributed by atoms with E-state index in [0.717, 1.165) is 10.8 Å². The van der Waals surface area contributed by atoms with Crippen LogP contribution in [0, 0.1) is 5.92 Å². The molecule has 0 unspecified atom stereocenters. The van der Waals surface area contributed by atoms with Crippen LogP contribution in [0.1, 0.15) is 10.5 Å². The second kappa shape index (κ2) is 4.38. The Morgan fingerprint density at radius 3 is 2.89 bits per heavy atom. The summed E-state index contributed by atoms with van der Waals surface area (Å²) in [6, 6.07) is 9.65. The van der Waals surface area contributed by atoms with Crippen LogP contribution in [0.25, 0.3) is 10.8 Å². The summed E-state index contributed by atoms with van der Waals surface area (Å²) >= 11 is 0. The Hall–Kier alpha value is -1.94. The standard InChI is InChI=1S/C14H14N2O2/c17-9-10-7-16(8-10)14(18)13-12-4-2-1-3-11(12)5-6-15-13/h1-6,10,17H,7-9H2. The van der Waals surface area contributed by atoms with Crippen molar-refractivity contribution in [1.82, 2.24) is 9.88 Å². The molecule has 0 bridgehead atoms. The molecule has 4 nitrogen and oxygen atoms in total. The highest BCUT2D eigenvalue weighted by atomic mass is 16.3. The van der Waals surface area contributed by atoms with E-state index in [2.05, 4.69) is 4.98 Å². The van der Waals surface area contributed by atoms with Gasteiger partial charge in [-0.1, -0.05) is 24.3 Å². The first kappa shape index (κ1) is 11.2. The number of aromatic nitrogens is 1. The lowest BCUT2D eigenvalue weighted by atomic mass is 10.00. The molecule has 1 aromatic carbocycles. The third-order valence-electron chi connectivity index (χ3n) is 3.38. The van der Waals surface area contributed by atoms with Gasteiger partial charge < -0.3 is 10.0 Å². The van der Waals surface area contributed by atoms with E-state index in [1.807, 2.05) is 30.3 Å². The van der Waals surface area contributed by atoms with Crippen molar-refractivity contribution in [2.45, 2.75) is 0 Å². The predicted octanol–water partition coefficient (Wildman–Crippen LogP) is 1.30. The van der Waals surface area contributed by atoms with E-state index in [1.165, 1.54) is 0 Å². The van der Waals surface area contributed by atoms with E-state index < -0.39 is 0 Å². The zero-order valence-electron chi connectivity index (χ0n) is 9.91. The summed E-state index contributed by atoms with van der Waals surface area (Å²) in [5, 5.41) is 10.9. The number of hydrogen-bond acceptors (Lipinski definition) is 3. The minimum Gasteiger partial charge on any atom is -0.396 e. The molecule has 0 aliphatic carbocycles. The Balaban J connectivity index is 1.93. The van der Waals surface area contributed by atoms with Gasteiger partial charge in [-0.25, -0.2) is 0 Å². The summed E-state index contributed by atoms with van der Waals surface area (Å²) in [5.74, 6) is 0.181. The molecule has 2 heterocycles. The second-order valence-electron chi connectivity index (χ2n) is 4.64. The number of carbonyl (C=O) groups excluding carboxylic acids is 1. The van der Waals surface area contributed by atoms with Gasteiger partial charge in [-0.05, 0) is 11.5 Å². The molecular formula is C14H14N2O2. The smallest absolute Gasteiger partial charge is 0.273 e. The summed E-state index contributed by atoms with van der Waals surface area (Å²) in [5.41, 5.74) is 0.504. The zero-order valence-corrected chi connectivity index (χ0v) is 9.91. The highest BCUT2D eigenvalue weighted by molar-refractivity contribution is 6.05. The zero-order chi connectivity index (χ0) is 12.5. The van der Waals surface area contributed by atoms with Gasteiger partial charge in [0.25, 0.3) is 5.91 Å². The number of likely N-dealkylation sites (tertiary alicyclic amines) is 1. The molecule has 0 saturated carbocycles. The van der Waals surface area contributed by atoms with Gasteiger partial charge in [-0.15, -0.1) is 0 Å². The SMILES string of the molecule is O=C(c1nccc2ccccc12)N1CC(CO)C1. The van der Waals surface area contributed by atoms with E-state index >= 15 is 0 Å². The van der Waals surface area contributed by atoms with Crippen molar-refractivity contribution in [3.8, 4) is 0 Å². The molecule has 4 heteroatoms. The van der Waals surface area contributed by atoms with Crippen molar-refractivity contribution in [3.05, 3.63) is 42.2 Å². The molecule has 1 aliphatic heterocycles. The largest absolute Gasteiger partial charge is 0.396 e. The highest BCUT2D eigenvalue weighted by Gasteiger charge is 2.31. The molecule has 1 N–H and O–H groups in total. The lowest BCUT2D eigenvalue weighted by Crippen LogP contribution is -2.51. The Kier molecular flexibility index (Phi) is 2.72. The number of fused-ring (bicyclic) bond motifs is 1. The van der Waals surface area contributed by atoms with E-state index in [-0.39, 0.29) is 18.4 Å². The van der Waals surface area contributed by atoms with Crippen LogP contribution in [-0.2, 0) is 0 Å². The topological polar surface area (TPSA) is 53.4 Å². The maximum Gasteiger partial charge on any atom is 0.273 e. The van der Waals surface area contributed by atoms with Gasteiger partial charge >= 0.3 is 0 Å². The third kappa shape index (κ3) is 1.75. The van der Waals surface area contributed by atoms with E-state index in [9.17, 15) is 4.79 Å². The number of carbonyl (C=O) groups is 1. The van der Waals surface area contributed by atoms with Gasteiger partial charge in [0.05, 0.1) is 0 Å². The molecule has 2 aromatic rings. The van der Waals surface area contributed by atoms with Gasteiger partial charge in [-0.3, -0.25) is 9.78 Å². The second-order valence-corrected chi connectivity index (χ2v) is 4.64. The number of amides is 1. The number of rotatable bonds is 2. The average molecular weight is 242 g/mol. The van der Waals surface area contributed by atoms with E-state index in [1.54, 1.807) is 11.1 Å². The van der Waals surface area contributed by atoms with Crippen molar-refractivity contribution in [1.29, 1.82) is 0 Å².